The molecule has 1 aromatic heterocycles. The van der Waals surface area contributed by atoms with Crippen LogP contribution >= 0.6 is 11.3 Å². The smallest absolute Gasteiger partial charge is 0.270 e. The van der Waals surface area contributed by atoms with E-state index in [1.807, 2.05) is 54.6 Å². The van der Waals surface area contributed by atoms with E-state index >= 15 is 0 Å². The van der Waals surface area contributed by atoms with Crippen molar-refractivity contribution in [1.29, 1.82) is 0 Å². The van der Waals surface area contributed by atoms with E-state index in [9.17, 15) is 4.79 Å². The number of hydrogen-bond donors (Lipinski definition) is 0. The highest BCUT2D eigenvalue weighted by molar-refractivity contribution is 7.17. The summed E-state index contributed by atoms with van der Waals surface area (Å²) in [7, 11) is 1.63. The van der Waals surface area contributed by atoms with Crippen molar-refractivity contribution in [3.8, 4) is 16.3 Å². The monoisotopic (exact) mass is 350 g/mol. The van der Waals surface area contributed by atoms with Crippen LogP contribution < -0.4 is 9.64 Å². The SMILES string of the molecule is C=CCN(C(=O)c1cnc(-c2ccc(OC)cc2)s1)c1ccccc1. The first kappa shape index (κ1) is 16.9. The molecule has 0 unspecified atom stereocenters. The number of rotatable bonds is 6. The summed E-state index contributed by atoms with van der Waals surface area (Å²) in [5.74, 6) is 0.709. The van der Waals surface area contributed by atoms with Crippen LogP contribution in [0, 0.1) is 0 Å². The number of para-hydroxylation sites is 1. The number of ether oxygens (including phenoxy) is 1. The summed E-state index contributed by atoms with van der Waals surface area (Å²) in [6.07, 6.45) is 3.35. The lowest BCUT2D eigenvalue weighted by atomic mass is 10.2. The van der Waals surface area contributed by atoms with Crippen LogP contribution in [0.25, 0.3) is 10.6 Å². The Morgan fingerprint density at radius 1 is 1.20 bits per heavy atom. The van der Waals surface area contributed by atoms with Crippen LogP contribution in [0.15, 0.2) is 73.4 Å². The molecule has 0 saturated carbocycles. The minimum atomic E-state index is -0.0802. The van der Waals surface area contributed by atoms with Gasteiger partial charge in [0.2, 0.25) is 0 Å². The third-order valence-corrected chi connectivity index (χ3v) is 4.71. The van der Waals surface area contributed by atoms with E-state index in [4.69, 9.17) is 4.74 Å². The molecule has 1 heterocycles. The molecule has 4 nitrogen and oxygen atoms in total. The van der Waals surface area contributed by atoms with Crippen molar-refractivity contribution in [3.63, 3.8) is 0 Å². The number of aromatic nitrogens is 1. The van der Waals surface area contributed by atoms with Crippen LogP contribution in [0.1, 0.15) is 9.67 Å². The molecule has 1 amide bonds. The van der Waals surface area contributed by atoms with Gasteiger partial charge in [0.15, 0.2) is 0 Å². The summed E-state index contributed by atoms with van der Waals surface area (Å²) in [5.41, 5.74) is 1.80. The number of amides is 1. The Labute approximate surface area is 151 Å². The van der Waals surface area contributed by atoms with Crippen molar-refractivity contribution in [2.24, 2.45) is 0 Å². The van der Waals surface area contributed by atoms with Crippen LogP contribution in [0.2, 0.25) is 0 Å². The Bertz CT molecular complexity index is 857. The molecule has 0 aliphatic heterocycles. The van der Waals surface area contributed by atoms with Gasteiger partial charge in [-0.05, 0) is 36.4 Å². The predicted octanol–water partition coefficient (Wildman–Crippen LogP) is 4.65. The molecular formula is C20H18N2O2S. The average molecular weight is 350 g/mol. The van der Waals surface area contributed by atoms with Gasteiger partial charge in [-0.1, -0.05) is 24.3 Å². The zero-order valence-electron chi connectivity index (χ0n) is 13.9. The molecule has 3 rings (SSSR count). The van der Waals surface area contributed by atoms with E-state index in [1.165, 1.54) is 11.3 Å². The zero-order valence-corrected chi connectivity index (χ0v) is 14.7. The molecule has 0 aliphatic carbocycles. The number of carbonyl (C=O) groups excluding carboxylic acids is 1. The van der Waals surface area contributed by atoms with Crippen molar-refractivity contribution in [3.05, 3.63) is 78.3 Å². The van der Waals surface area contributed by atoms with Gasteiger partial charge in [-0.2, -0.15) is 0 Å². The minimum absolute atomic E-state index is 0.0802. The van der Waals surface area contributed by atoms with E-state index in [0.717, 1.165) is 22.0 Å². The third kappa shape index (κ3) is 3.78. The highest BCUT2D eigenvalue weighted by Gasteiger charge is 2.19. The maximum absolute atomic E-state index is 12.9. The van der Waals surface area contributed by atoms with Gasteiger partial charge in [-0.3, -0.25) is 4.79 Å². The summed E-state index contributed by atoms with van der Waals surface area (Å²) in [6.45, 7) is 4.20. The van der Waals surface area contributed by atoms with Crippen molar-refractivity contribution < 1.29 is 9.53 Å². The molecule has 25 heavy (non-hydrogen) atoms. The molecule has 0 aliphatic rings. The van der Waals surface area contributed by atoms with E-state index in [0.29, 0.717) is 11.4 Å². The van der Waals surface area contributed by atoms with Gasteiger partial charge in [-0.15, -0.1) is 17.9 Å². The predicted molar refractivity (Wildman–Crippen MR) is 102 cm³/mol. The second-order valence-electron chi connectivity index (χ2n) is 5.30. The Morgan fingerprint density at radius 2 is 1.92 bits per heavy atom. The summed E-state index contributed by atoms with van der Waals surface area (Å²) in [5, 5.41) is 0.803. The Hall–Kier alpha value is -2.92. The summed E-state index contributed by atoms with van der Waals surface area (Å²) >= 11 is 1.38. The van der Waals surface area contributed by atoms with Gasteiger partial charge in [-0.25, -0.2) is 4.98 Å². The van der Waals surface area contributed by atoms with Crippen molar-refractivity contribution >= 4 is 22.9 Å². The maximum atomic E-state index is 12.9. The Kier molecular flexibility index (Phi) is 5.26. The number of hydrogen-bond acceptors (Lipinski definition) is 4. The molecule has 0 radical (unpaired) electrons. The molecule has 2 aromatic carbocycles. The summed E-state index contributed by atoms with van der Waals surface area (Å²) in [4.78, 5) is 19.6. The van der Waals surface area contributed by atoms with E-state index in [-0.39, 0.29) is 5.91 Å². The first-order valence-corrected chi connectivity index (χ1v) is 8.62. The quantitative estimate of drug-likeness (QED) is 0.608. The van der Waals surface area contributed by atoms with Gasteiger partial charge in [0, 0.05) is 17.8 Å². The number of nitrogens with zero attached hydrogens (tertiary/aromatic N) is 2. The van der Waals surface area contributed by atoms with Crippen molar-refractivity contribution in [2.75, 3.05) is 18.6 Å². The molecule has 0 bridgehead atoms. The lowest BCUT2D eigenvalue weighted by Gasteiger charge is -2.20. The van der Waals surface area contributed by atoms with Crippen molar-refractivity contribution in [2.45, 2.75) is 0 Å². The highest BCUT2D eigenvalue weighted by Crippen LogP contribution is 2.28. The van der Waals surface area contributed by atoms with Gasteiger partial charge < -0.3 is 9.64 Å². The first-order valence-electron chi connectivity index (χ1n) is 7.81. The molecule has 0 fully saturated rings. The lowest BCUT2D eigenvalue weighted by Crippen LogP contribution is -2.30. The Morgan fingerprint density at radius 3 is 2.56 bits per heavy atom. The minimum Gasteiger partial charge on any atom is -0.497 e. The standard InChI is InChI=1S/C20H18N2O2S/c1-3-13-22(16-7-5-4-6-8-16)20(23)18-14-21-19(25-18)15-9-11-17(24-2)12-10-15/h3-12,14H,1,13H2,2H3. The second kappa shape index (κ2) is 7.77. The zero-order chi connectivity index (χ0) is 17.6. The van der Waals surface area contributed by atoms with Gasteiger partial charge >= 0.3 is 0 Å². The fraction of sp³-hybridized carbons (Fsp3) is 0.100. The largest absolute Gasteiger partial charge is 0.497 e. The molecule has 0 saturated heterocycles. The number of anilines is 1. The topological polar surface area (TPSA) is 42.4 Å². The number of carbonyl (C=O) groups is 1. The number of benzene rings is 2. The van der Waals surface area contributed by atoms with Gasteiger partial charge in [0.05, 0.1) is 13.3 Å². The molecule has 0 spiro atoms. The second-order valence-corrected chi connectivity index (χ2v) is 6.33. The fourth-order valence-corrected chi connectivity index (χ4v) is 3.29. The molecule has 3 aromatic rings. The van der Waals surface area contributed by atoms with Crippen LogP contribution in [-0.2, 0) is 0 Å². The first-order chi connectivity index (χ1) is 12.2. The van der Waals surface area contributed by atoms with E-state index in [1.54, 1.807) is 24.3 Å². The van der Waals surface area contributed by atoms with Gasteiger partial charge in [0.1, 0.15) is 15.6 Å². The summed E-state index contributed by atoms with van der Waals surface area (Å²) < 4.78 is 5.17. The maximum Gasteiger partial charge on any atom is 0.270 e. The normalized spacial score (nSPS) is 10.3. The van der Waals surface area contributed by atoms with Crippen LogP contribution in [0.5, 0.6) is 5.75 Å². The van der Waals surface area contributed by atoms with Gasteiger partial charge in [0.25, 0.3) is 5.91 Å². The van der Waals surface area contributed by atoms with E-state index in [2.05, 4.69) is 11.6 Å². The number of thiazole rings is 1. The van der Waals surface area contributed by atoms with Crippen LogP contribution in [0.4, 0.5) is 5.69 Å². The fourth-order valence-electron chi connectivity index (χ4n) is 2.42. The Balaban J connectivity index is 1.86. The molecule has 5 heteroatoms. The van der Waals surface area contributed by atoms with E-state index < -0.39 is 0 Å². The molecule has 126 valence electrons. The molecular weight excluding hydrogens is 332 g/mol. The van der Waals surface area contributed by atoms with Crippen molar-refractivity contribution in [1.82, 2.24) is 4.98 Å². The lowest BCUT2D eigenvalue weighted by molar-refractivity contribution is 0.0993. The molecule has 0 N–H and O–H groups in total. The van der Waals surface area contributed by atoms with Crippen LogP contribution in [0.3, 0.4) is 0 Å². The highest BCUT2D eigenvalue weighted by atomic mass is 32.1. The van der Waals surface area contributed by atoms with Crippen LogP contribution in [-0.4, -0.2) is 24.5 Å². The molecule has 0 atom stereocenters. The summed E-state index contributed by atoms with van der Waals surface area (Å²) in [6, 6.07) is 17.2. The average Bonchev–Trinajstić information content (AvgIpc) is 3.16. The number of methoxy groups -OCH3 is 1. The third-order valence-electron chi connectivity index (χ3n) is 3.68.